The van der Waals surface area contributed by atoms with Crippen molar-refractivity contribution < 1.29 is 38.4 Å². The number of hydrogen-bond acceptors (Lipinski definition) is 12. The predicted octanol–water partition coefficient (Wildman–Crippen LogP) is 3.43. The summed E-state index contributed by atoms with van der Waals surface area (Å²) in [5.41, 5.74) is -1.83. The number of ether oxygens (including phenoxy) is 3. The fourth-order valence-electron chi connectivity index (χ4n) is 2.77. The maximum absolute atomic E-state index is 11.6. The number of methoxy groups -OCH3 is 3. The standard InChI is InChI=1S/C18H14N4O10S/c1-29-12-4-8(5-13(30-2)14(12)31-3)16-19-20-18(32-16)33-15-10(17(23)24)6-9(21(25)26)7-11(15)22(27)28/h4-7H,1-3H3,(H,23,24). The van der Waals surface area contributed by atoms with Crippen LogP contribution >= 0.6 is 11.8 Å². The molecule has 3 aromatic rings. The number of hydrogen-bond donors (Lipinski definition) is 1. The van der Waals surface area contributed by atoms with E-state index in [4.69, 9.17) is 18.6 Å². The smallest absolute Gasteiger partial charge is 0.337 e. The van der Waals surface area contributed by atoms with Gasteiger partial charge in [-0.05, 0) is 23.9 Å². The predicted molar refractivity (Wildman–Crippen MR) is 110 cm³/mol. The van der Waals surface area contributed by atoms with Crippen LogP contribution in [0.25, 0.3) is 11.5 Å². The van der Waals surface area contributed by atoms with Crippen LogP contribution in [0, 0.1) is 20.2 Å². The molecule has 172 valence electrons. The molecule has 0 saturated carbocycles. The third-order valence-electron chi connectivity index (χ3n) is 4.20. The molecule has 0 atom stereocenters. The van der Waals surface area contributed by atoms with Gasteiger partial charge in [0.2, 0.25) is 11.6 Å². The zero-order valence-corrected chi connectivity index (χ0v) is 17.9. The number of rotatable bonds is 9. The van der Waals surface area contributed by atoms with Crippen LogP contribution in [-0.2, 0) is 0 Å². The summed E-state index contributed by atoms with van der Waals surface area (Å²) in [6.07, 6.45) is 0. The molecule has 33 heavy (non-hydrogen) atoms. The van der Waals surface area contributed by atoms with Gasteiger partial charge in [-0.1, -0.05) is 0 Å². The minimum Gasteiger partial charge on any atom is -0.493 e. The van der Waals surface area contributed by atoms with E-state index in [1.54, 1.807) is 0 Å². The lowest BCUT2D eigenvalue weighted by molar-refractivity contribution is -0.396. The van der Waals surface area contributed by atoms with Crippen molar-refractivity contribution in [1.29, 1.82) is 0 Å². The Hall–Kier alpha value is -4.40. The van der Waals surface area contributed by atoms with Gasteiger partial charge in [-0.15, -0.1) is 10.2 Å². The SMILES string of the molecule is COc1cc(-c2nnc(Sc3c(C(=O)O)cc([N+](=O)[O-])cc3[N+](=O)[O-])o2)cc(OC)c1OC. The van der Waals surface area contributed by atoms with Crippen LogP contribution < -0.4 is 14.2 Å². The molecular formula is C18H14N4O10S. The molecule has 3 rings (SSSR count). The minimum atomic E-state index is -1.60. The number of carbonyl (C=O) groups is 1. The van der Waals surface area contributed by atoms with Gasteiger partial charge in [0.05, 0.1) is 42.8 Å². The average molecular weight is 478 g/mol. The highest BCUT2D eigenvalue weighted by molar-refractivity contribution is 7.99. The first-order valence-corrected chi connectivity index (χ1v) is 9.53. The van der Waals surface area contributed by atoms with Crippen molar-refractivity contribution in [3.8, 4) is 28.7 Å². The Morgan fingerprint density at radius 3 is 2.12 bits per heavy atom. The van der Waals surface area contributed by atoms with Crippen LogP contribution in [0.3, 0.4) is 0 Å². The summed E-state index contributed by atoms with van der Waals surface area (Å²) in [5, 5.41) is 39.4. The molecule has 0 radical (unpaired) electrons. The van der Waals surface area contributed by atoms with E-state index >= 15 is 0 Å². The van der Waals surface area contributed by atoms with E-state index in [0.717, 1.165) is 0 Å². The topological polar surface area (TPSA) is 190 Å². The Morgan fingerprint density at radius 1 is 1.00 bits per heavy atom. The van der Waals surface area contributed by atoms with Gasteiger partial charge in [0.1, 0.15) is 4.90 Å². The number of carboxylic acid groups (broad SMARTS) is 1. The fraction of sp³-hybridized carbons (Fsp3) is 0.167. The lowest BCUT2D eigenvalue weighted by Crippen LogP contribution is -2.04. The number of nitrogens with zero attached hydrogens (tertiary/aromatic N) is 4. The van der Waals surface area contributed by atoms with Gasteiger partial charge in [-0.3, -0.25) is 20.2 Å². The molecule has 0 saturated heterocycles. The molecule has 0 aliphatic rings. The lowest BCUT2D eigenvalue weighted by Gasteiger charge is -2.12. The van der Waals surface area contributed by atoms with E-state index in [9.17, 15) is 30.1 Å². The summed E-state index contributed by atoms with van der Waals surface area (Å²) in [5.74, 6) is -0.700. The molecule has 0 spiro atoms. The number of nitro groups is 2. The molecule has 1 N–H and O–H groups in total. The molecule has 1 aromatic heterocycles. The zero-order valence-electron chi connectivity index (χ0n) is 17.1. The highest BCUT2D eigenvalue weighted by Gasteiger charge is 2.29. The van der Waals surface area contributed by atoms with E-state index in [0.29, 0.717) is 46.7 Å². The van der Waals surface area contributed by atoms with E-state index < -0.39 is 37.6 Å². The van der Waals surface area contributed by atoms with E-state index in [2.05, 4.69) is 10.2 Å². The van der Waals surface area contributed by atoms with Crippen molar-refractivity contribution >= 4 is 29.1 Å². The second kappa shape index (κ2) is 9.39. The zero-order chi connectivity index (χ0) is 24.3. The van der Waals surface area contributed by atoms with Gasteiger partial charge in [0, 0.05) is 11.6 Å². The van der Waals surface area contributed by atoms with Crippen LogP contribution in [-0.4, -0.2) is 52.4 Å². The Bertz CT molecular complexity index is 1200. The van der Waals surface area contributed by atoms with Crippen LogP contribution in [0.4, 0.5) is 11.4 Å². The van der Waals surface area contributed by atoms with Crippen molar-refractivity contribution in [3.05, 3.63) is 50.1 Å². The average Bonchev–Trinajstić information content (AvgIpc) is 3.26. The Labute approximate surface area is 188 Å². The molecule has 0 fully saturated rings. The van der Waals surface area contributed by atoms with Crippen molar-refractivity contribution in [3.63, 3.8) is 0 Å². The summed E-state index contributed by atoms with van der Waals surface area (Å²) in [7, 11) is 4.26. The number of aromatic carboxylic acids is 1. The highest BCUT2D eigenvalue weighted by atomic mass is 32.2. The summed E-state index contributed by atoms with van der Waals surface area (Å²) in [6.45, 7) is 0. The monoisotopic (exact) mass is 478 g/mol. The van der Waals surface area contributed by atoms with Crippen molar-refractivity contribution in [2.75, 3.05) is 21.3 Å². The highest BCUT2D eigenvalue weighted by Crippen LogP contribution is 2.43. The van der Waals surface area contributed by atoms with Gasteiger partial charge in [0.15, 0.2) is 11.5 Å². The van der Waals surface area contributed by atoms with Crippen LogP contribution in [0.2, 0.25) is 0 Å². The molecule has 14 nitrogen and oxygen atoms in total. The van der Waals surface area contributed by atoms with Gasteiger partial charge in [0.25, 0.3) is 16.6 Å². The third-order valence-corrected chi connectivity index (χ3v) is 5.17. The lowest BCUT2D eigenvalue weighted by atomic mass is 10.1. The van der Waals surface area contributed by atoms with Crippen molar-refractivity contribution in [2.45, 2.75) is 10.1 Å². The van der Waals surface area contributed by atoms with Gasteiger partial charge in [-0.2, -0.15) is 0 Å². The molecule has 2 aromatic carbocycles. The second-order valence-electron chi connectivity index (χ2n) is 6.05. The largest absolute Gasteiger partial charge is 0.493 e. The molecule has 0 amide bonds. The van der Waals surface area contributed by atoms with Crippen molar-refractivity contribution in [1.82, 2.24) is 10.2 Å². The van der Waals surface area contributed by atoms with Gasteiger partial charge < -0.3 is 23.7 Å². The fourth-order valence-corrected chi connectivity index (χ4v) is 3.64. The number of aromatic nitrogens is 2. The van der Waals surface area contributed by atoms with Gasteiger partial charge in [-0.25, -0.2) is 4.79 Å². The van der Waals surface area contributed by atoms with E-state index in [1.807, 2.05) is 0 Å². The maximum Gasteiger partial charge on any atom is 0.337 e. The second-order valence-corrected chi connectivity index (χ2v) is 7.01. The van der Waals surface area contributed by atoms with Crippen molar-refractivity contribution in [2.24, 2.45) is 0 Å². The minimum absolute atomic E-state index is 0.0295. The first kappa shape index (κ1) is 23.3. The summed E-state index contributed by atoms with van der Waals surface area (Å²) in [6, 6.07) is 4.43. The number of benzene rings is 2. The summed E-state index contributed by atoms with van der Waals surface area (Å²) >= 11 is 0.488. The molecule has 15 heteroatoms. The summed E-state index contributed by atoms with van der Waals surface area (Å²) < 4.78 is 21.3. The first-order chi connectivity index (χ1) is 15.7. The van der Waals surface area contributed by atoms with E-state index in [-0.39, 0.29) is 11.1 Å². The normalized spacial score (nSPS) is 10.5. The molecule has 1 heterocycles. The maximum atomic E-state index is 11.6. The number of nitro benzene ring substituents is 2. The quantitative estimate of drug-likeness (QED) is 0.348. The molecule has 0 unspecified atom stereocenters. The molecule has 0 aliphatic heterocycles. The number of carboxylic acids is 1. The van der Waals surface area contributed by atoms with Crippen LogP contribution in [0.5, 0.6) is 17.2 Å². The summed E-state index contributed by atoms with van der Waals surface area (Å²) in [4.78, 5) is 31.9. The van der Waals surface area contributed by atoms with Gasteiger partial charge >= 0.3 is 5.97 Å². The molecule has 0 bridgehead atoms. The molecule has 0 aliphatic carbocycles. The first-order valence-electron chi connectivity index (χ1n) is 8.72. The van der Waals surface area contributed by atoms with Crippen LogP contribution in [0.15, 0.2) is 38.8 Å². The molecular weight excluding hydrogens is 464 g/mol. The third kappa shape index (κ3) is 4.62. The Morgan fingerprint density at radius 2 is 1.64 bits per heavy atom. The Balaban J connectivity index is 2.06. The Kier molecular flexibility index (Phi) is 6.62. The number of non-ortho nitro benzene ring substituents is 1. The van der Waals surface area contributed by atoms with Crippen LogP contribution in [0.1, 0.15) is 10.4 Å². The van der Waals surface area contributed by atoms with E-state index in [1.165, 1.54) is 33.5 Å².